The lowest BCUT2D eigenvalue weighted by Crippen LogP contribution is -2.27. The molecule has 1 heterocycles. The highest BCUT2D eigenvalue weighted by atomic mass is 127. The van der Waals surface area contributed by atoms with Crippen LogP contribution in [0.2, 0.25) is 0 Å². The molecule has 3 atom stereocenters. The lowest BCUT2D eigenvalue weighted by molar-refractivity contribution is -0.0550. The van der Waals surface area contributed by atoms with Crippen LogP contribution < -0.4 is 5.14 Å². The van der Waals surface area contributed by atoms with Crippen LogP contribution in [0.4, 0.5) is 0 Å². The van der Waals surface area contributed by atoms with Gasteiger partial charge in [0, 0.05) is 3.57 Å². The molecule has 8 heteroatoms. The Balaban J connectivity index is 2.16. The first-order valence-electron chi connectivity index (χ1n) is 5.59. The maximum Gasteiger partial charge on any atom is 0.333 e. The van der Waals surface area contributed by atoms with Crippen LogP contribution >= 0.6 is 22.6 Å². The number of halogens is 1. The second kappa shape index (κ2) is 6.02. The zero-order valence-electron chi connectivity index (χ0n) is 10.2. The number of ether oxygens (including phenoxy) is 2. The zero-order valence-corrected chi connectivity index (χ0v) is 13.1. The van der Waals surface area contributed by atoms with Gasteiger partial charge >= 0.3 is 10.3 Å². The minimum absolute atomic E-state index is 0.168. The average molecular weight is 399 g/mol. The lowest BCUT2D eigenvalue weighted by Gasteiger charge is -2.17. The summed E-state index contributed by atoms with van der Waals surface area (Å²) in [5, 5.41) is 4.81. The second-order valence-electron chi connectivity index (χ2n) is 4.10. The van der Waals surface area contributed by atoms with E-state index in [4.69, 9.17) is 14.6 Å². The SMILES string of the molecule is CC1O[C@H](c2ccccc2I)[C@@H](COS(N)(=O)=O)O1. The largest absolute Gasteiger partial charge is 0.344 e. The van der Waals surface area contributed by atoms with E-state index >= 15 is 0 Å². The maximum absolute atomic E-state index is 10.8. The summed E-state index contributed by atoms with van der Waals surface area (Å²) in [6.45, 7) is 1.58. The Morgan fingerprint density at radius 1 is 1.37 bits per heavy atom. The van der Waals surface area contributed by atoms with E-state index in [2.05, 4.69) is 26.8 Å². The highest BCUT2D eigenvalue weighted by Gasteiger charge is 2.36. The van der Waals surface area contributed by atoms with E-state index in [9.17, 15) is 8.42 Å². The predicted octanol–water partition coefficient (Wildman–Crippen LogP) is 1.31. The normalized spacial score (nSPS) is 27.6. The Hall–Kier alpha value is -0.260. The van der Waals surface area contributed by atoms with Gasteiger partial charge in [0.15, 0.2) is 6.29 Å². The van der Waals surface area contributed by atoms with E-state index in [0.29, 0.717) is 0 Å². The van der Waals surface area contributed by atoms with Crippen LogP contribution in [0, 0.1) is 3.57 Å². The van der Waals surface area contributed by atoms with E-state index in [0.717, 1.165) is 9.13 Å². The van der Waals surface area contributed by atoms with Crippen molar-refractivity contribution in [3.8, 4) is 0 Å². The van der Waals surface area contributed by atoms with E-state index in [1.54, 1.807) is 6.92 Å². The Labute approximate surface area is 125 Å². The highest BCUT2D eigenvalue weighted by Crippen LogP contribution is 2.34. The molecular weight excluding hydrogens is 385 g/mol. The molecule has 6 nitrogen and oxygen atoms in total. The summed E-state index contributed by atoms with van der Waals surface area (Å²) in [6, 6.07) is 7.67. The van der Waals surface area contributed by atoms with Crippen molar-refractivity contribution >= 4 is 32.9 Å². The summed E-state index contributed by atoms with van der Waals surface area (Å²) in [4.78, 5) is 0. The molecule has 1 fully saturated rings. The fraction of sp³-hybridized carbons (Fsp3) is 0.455. The summed E-state index contributed by atoms with van der Waals surface area (Å²) in [7, 11) is -3.98. The monoisotopic (exact) mass is 399 g/mol. The van der Waals surface area contributed by atoms with Crippen LogP contribution in [0.15, 0.2) is 24.3 Å². The van der Waals surface area contributed by atoms with Crippen LogP contribution in [0.5, 0.6) is 0 Å². The van der Waals surface area contributed by atoms with Gasteiger partial charge in [0.05, 0.1) is 6.61 Å². The summed E-state index contributed by atoms with van der Waals surface area (Å²) in [5.41, 5.74) is 0.940. The fourth-order valence-corrected chi connectivity index (χ4v) is 2.93. The molecule has 0 saturated carbocycles. The third-order valence-electron chi connectivity index (χ3n) is 2.65. The Kier molecular flexibility index (Phi) is 4.79. The molecule has 1 aliphatic rings. The minimum Gasteiger partial charge on any atom is -0.344 e. The Bertz CT molecular complexity index is 550. The lowest BCUT2D eigenvalue weighted by atomic mass is 10.1. The summed E-state index contributed by atoms with van der Waals surface area (Å²) in [5.74, 6) is 0. The maximum atomic E-state index is 10.8. The number of benzene rings is 1. The van der Waals surface area contributed by atoms with Crippen molar-refractivity contribution in [1.82, 2.24) is 0 Å². The standard InChI is InChI=1S/C11H14INO5S/c1-7-17-10(6-16-19(13,14)15)11(18-7)8-4-2-3-5-9(8)12/h2-5,7,10-11H,6H2,1H3,(H2,13,14,15)/t7?,10-,11-/m1/s1. The molecule has 0 bridgehead atoms. The van der Waals surface area contributed by atoms with E-state index in [1.807, 2.05) is 24.3 Å². The molecule has 0 radical (unpaired) electrons. The van der Waals surface area contributed by atoms with Crippen LogP contribution in [0.1, 0.15) is 18.6 Å². The van der Waals surface area contributed by atoms with E-state index < -0.39 is 22.7 Å². The van der Waals surface area contributed by atoms with Crippen LogP contribution in [0.25, 0.3) is 0 Å². The van der Waals surface area contributed by atoms with Gasteiger partial charge in [0.25, 0.3) is 0 Å². The molecule has 2 N–H and O–H groups in total. The first-order chi connectivity index (χ1) is 8.87. The smallest absolute Gasteiger partial charge is 0.333 e. The predicted molar refractivity (Wildman–Crippen MR) is 76.4 cm³/mol. The van der Waals surface area contributed by atoms with Crippen molar-refractivity contribution in [2.75, 3.05) is 6.61 Å². The van der Waals surface area contributed by atoms with Gasteiger partial charge in [-0.3, -0.25) is 4.18 Å². The van der Waals surface area contributed by atoms with Crippen LogP contribution in [-0.2, 0) is 24.0 Å². The molecule has 0 spiro atoms. The number of hydrogen-bond acceptors (Lipinski definition) is 5. The third kappa shape index (κ3) is 4.10. The Morgan fingerprint density at radius 3 is 2.68 bits per heavy atom. The summed E-state index contributed by atoms with van der Waals surface area (Å²) >= 11 is 2.19. The molecule has 1 aromatic rings. The Morgan fingerprint density at radius 2 is 2.05 bits per heavy atom. The van der Waals surface area contributed by atoms with Crippen LogP contribution in [0.3, 0.4) is 0 Å². The van der Waals surface area contributed by atoms with E-state index in [1.165, 1.54) is 0 Å². The number of nitrogens with two attached hydrogens (primary N) is 1. The summed E-state index contributed by atoms with van der Waals surface area (Å²) in [6.07, 6.45) is -1.30. The van der Waals surface area contributed by atoms with Crippen LogP contribution in [-0.4, -0.2) is 27.4 Å². The van der Waals surface area contributed by atoms with Crippen molar-refractivity contribution in [1.29, 1.82) is 0 Å². The molecule has 0 amide bonds. The molecule has 106 valence electrons. The van der Waals surface area contributed by atoms with Crippen molar-refractivity contribution in [2.24, 2.45) is 5.14 Å². The molecule has 1 aromatic carbocycles. The topological polar surface area (TPSA) is 87.9 Å². The van der Waals surface area contributed by atoms with Crippen molar-refractivity contribution in [3.63, 3.8) is 0 Å². The van der Waals surface area contributed by atoms with Crippen molar-refractivity contribution in [2.45, 2.75) is 25.4 Å². The molecular formula is C11H14INO5S. The van der Waals surface area contributed by atoms with E-state index in [-0.39, 0.29) is 12.7 Å². The van der Waals surface area contributed by atoms with Gasteiger partial charge in [0.2, 0.25) is 0 Å². The second-order valence-corrected chi connectivity index (χ2v) is 6.48. The average Bonchev–Trinajstić information content (AvgIpc) is 2.67. The van der Waals surface area contributed by atoms with Crippen molar-refractivity contribution < 1.29 is 22.1 Å². The zero-order chi connectivity index (χ0) is 14.0. The first kappa shape index (κ1) is 15.1. The molecule has 1 aliphatic heterocycles. The van der Waals surface area contributed by atoms with Gasteiger partial charge in [-0.15, -0.1) is 0 Å². The molecule has 0 aromatic heterocycles. The van der Waals surface area contributed by atoms with Crippen molar-refractivity contribution in [3.05, 3.63) is 33.4 Å². The molecule has 0 aliphatic carbocycles. The minimum atomic E-state index is -3.98. The first-order valence-corrected chi connectivity index (χ1v) is 8.14. The molecule has 19 heavy (non-hydrogen) atoms. The third-order valence-corrected chi connectivity index (χ3v) is 4.10. The number of rotatable bonds is 4. The van der Waals surface area contributed by atoms with Gasteiger partial charge in [-0.05, 0) is 41.1 Å². The van der Waals surface area contributed by atoms with Gasteiger partial charge < -0.3 is 9.47 Å². The molecule has 2 rings (SSSR count). The quantitative estimate of drug-likeness (QED) is 0.772. The molecule has 1 saturated heterocycles. The highest BCUT2D eigenvalue weighted by molar-refractivity contribution is 14.1. The van der Waals surface area contributed by atoms with Gasteiger partial charge in [-0.25, -0.2) is 5.14 Å². The summed E-state index contributed by atoms with van der Waals surface area (Å²) < 4.78 is 38.5. The van der Waals surface area contributed by atoms with Gasteiger partial charge in [-0.2, -0.15) is 8.42 Å². The van der Waals surface area contributed by atoms with Gasteiger partial charge in [0.1, 0.15) is 12.2 Å². The molecule has 1 unspecified atom stereocenters. The number of hydrogen-bond donors (Lipinski definition) is 1. The fourth-order valence-electron chi connectivity index (χ4n) is 1.91. The van der Waals surface area contributed by atoms with Gasteiger partial charge in [-0.1, -0.05) is 18.2 Å².